The van der Waals surface area contributed by atoms with Crippen molar-refractivity contribution in [1.82, 2.24) is 10.6 Å². The molecule has 1 aliphatic carbocycles. The van der Waals surface area contributed by atoms with Gasteiger partial charge in [-0.15, -0.1) is 0 Å². The molecule has 17 heavy (non-hydrogen) atoms. The average molecular weight is 242 g/mol. The highest BCUT2D eigenvalue weighted by Crippen LogP contribution is 2.37. The zero-order valence-corrected chi connectivity index (χ0v) is 10.3. The molecule has 1 saturated heterocycles. The third-order valence-corrected chi connectivity index (χ3v) is 4.01. The first kappa shape index (κ1) is 12.8. The van der Waals surface area contributed by atoms with Gasteiger partial charge in [0.05, 0.1) is 12.6 Å². The first-order valence-corrected chi connectivity index (χ1v) is 6.38. The van der Waals surface area contributed by atoms with Gasteiger partial charge in [-0.05, 0) is 38.1 Å². The Bertz CT molecular complexity index is 293. The van der Waals surface area contributed by atoms with Gasteiger partial charge in [0, 0.05) is 6.54 Å². The lowest BCUT2D eigenvalue weighted by Gasteiger charge is -2.23. The third-order valence-electron chi connectivity index (χ3n) is 4.01. The van der Waals surface area contributed by atoms with Crippen LogP contribution < -0.4 is 10.6 Å². The van der Waals surface area contributed by atoms with E-state index in [9.17, 15) is 9.90 Å². The van der Waals surface area contributed by atoms with E-state index in [1.165, 1.54) is 19.8 Å². The number of aliphatic hydroxyl groups is 2. The summed E-state index contributed by atoms with van der Waals surface area (Å²) < 4.78 is 0. The first-order chi connectivity index (χ1) is 8.03. The quantitative estimate of drug-likeness (QED) is 0.522. The van der Waals surface area contributed by atoms with Gasteiger partial charge in [0.15, 0.2) is 0 Å². The Labute approximate surface area is 102 Å². The molecule has 0 aromatic rings. The first-order valence-electron chi connectivity index (χ1n) is 6.38. The molecule has 4 N–H and O–H groups in total. The van der Waals surface area contributed by atoms with Crippen molar-refractivity contribution >= 4 is 5.91 Å². The fourth-order valence-electron chi connectivity index (χ4n) is 2.92. The van der Waals surface area contributed by atoms with Gasteiger partial charge in [-0.3, -0.25) is 4.79 Å². The van der Waals surface area contributed by atoms with Gasteiger partial charge in [0.1, 0.15) is 5.60 Å². The molecule has 0 aromatic carbocycles. The predicted molar refractivity (Wildman–Crippen MR) is 63.3 cm³/mol. The number of aliphatic hydroxyl groups excluding tert-OH is 1. The summed E-state index contributed by atoms with van der Waals surface area (Å²) in [5, 5.41) is 24.5. The molecule has 0 bridgehead atoms. The second-order valence-electron chi connectivity index (χ2n) is 5.61. The monoisotopic (exact) mass is 242 g/mol. The van der Waals surface area contributed by atoms with E-state index < -0.39 is 5.60 Å². The summed E-state index contributed by atoms with van der Waals surface area (Å²) in [7, 11) is 0. The summed E-state index contributed by atoms with van der Waals surface area (Å²) in [6.45, 7) is 2.18. The van der Waals surface area contributed by atoms with Crippen LogP contribution in [0.25, 0.3) is 0 Å². The lowest BCUT2D eigenvalue weighted by molar-refractivity contribution is -0.125. The molecular formula is C12H22N2O3. The van der Waals surface area contributed by atoms with E-state index in [1.807, 2.05) is 0 Å². The Morgan fingerprint density at radius 2 is 2.29 bits per heavy atom. The summed E-state index contributed by atoms with van der Waals surface area (Å²) in [5.41, 5.74) is -1.23. The molecular weight excluding hydrogens is 220 g/mol. The van der Waals surface area contributed by atoms with Crippen LogP contribution >= 0.6 is 0 Å². The normalized spacial score (nSPS) is 35.4. The maximum Gasteiger partial charge on any atom is 0.237 e. The number of amides is 1. The Balaban J connectivity index is 1.84. The van der Waals surface area contributed by atoms with Crippen molar-refractivity contribution in [3.63, 3.8) is 0 Å². The van der Waals surface area contributed by atoms with Gasteiger partial charge < -0.3 is 20.8 Å². The summed E-state index contributed by atoms with van der Waals surface area (Å²) in [6, 6.07) is -0.114. The summed E-state index contributed by atoms with van der Waals surface area (Å²) >= 11 is 0. The molecule has 2 fully saturated rings. The van der Waals surface area contributed by atoms with Crippen LogP contribution in [0.3, 0.4) is 0 Å². The molecule has 0 aromatic heterocycles. The van der Waals surface area contributed by atoms with Gasteiger partial charge in [0.2, 0.25) is 5.91 Å². The van der Waals surface area contributed by atoms with E-state index in [2.05, 4.69) is 10.6 Å². The molecule has 4 atom stereocenters. The van der Waals surface area contributed by atoms with Crippen LogP contribution in [0.5, 0.6) is 0 Å². The van der Waals surface area contributed by atoms with Gasteiger partial charge in [-0.1, -0.05) is 6.42 Å². The zero-order chi connectivity index (χ0) is 12.5. The number of hydrogen-bond acceptors (Lipinski definition) is 4. The highest BCUT2D eigenvalue weighted by Gasteiger charge is 2.42. The second kappa shape index (κ2) is 4.92. The van der Waals surface area contributed by atoms with Gasteiger partial charge >= 0.3 is 0 Å². The Morgan fingerprint density at radius 3 is 3.00 bits per heavy atom. The molecule has 5 heteroatoms. The maximum atomic E-state index is 12.0. The van der Waals surface area contributed by atoms with E-state index >= 15 is 0 Å². The van der Waals surface area contributed by atoms with Crippen LogP contribution in [0.1, 0.15) is 26.2 Å². The van der Waals surface area contributed by atoms with Gasteiger partial charge in [-0.2, -0.15) is 0 Å². The summed E-state index contributed by atoms with van der Waals surface area (Å²) in [6.07, 6.45) is 3.55. The predicted octanol–water partition coefficient (Wildman–Crippen LogP) is -0.766. The van der Waals surface area contributed by atoms with Crippen molar-refractivity contribution in [2.24, 2.45) is 11.8 Å². The number of fused-ring (bicyclic) bond motifs is 1. The second-order valence-corrected chi connectivity index (χ2v) is 5.61. The van der Waals surface area contributed by atoms with Crippen molar-refractivity contribution in [1.29, 1.82) is 0 Å². The molecule has 4 unspecified atom stereocenters. The van der Waals surface area contributed by atoms with Crippen LogP contribution in [0, 0.1) is 11.8 Å². The number of nitrogens with one attached hydrogen (secondary N) is 2. The standard InChI is InChI=1S/C12H22N2O3/c1-12(17,7-15)6-14-11(16)10-9-4-2-3-8(9)5-13-10/h8-10,13,15,17H,2-7H2,1H3,(H,14,16). The van der Waals surface area contributed by atoms with Crippen molar-refractivity contribution in [2.75, 3.05) is 19.7 Å². The van der Waals surface area contributed by atoms with Crippen molar-refractivity contribution < 1.29 is 15.0 Å². The molecule has 1 amide bonds. The maximum absolute atomic E-state index is 12.0. The van der Waals surface area contributed by atoms with Gasteiger partial charge in [-0.25, -0.2) is 0 Å². The summed E-state index contributed by atoms with van der Waals surface area (Å²) in [4.78, 5) is 12.0. The van der Waals surface area contributed by atoms with Crippen molar-refractivity contribution in [3.8, 4) is 0 Å². The van der Waals surface area contributed by atoms with E-state index in [0.29, 0.717) is 11.8 Å². The molecule has 2 aliphatic rings. The minimum absolute atomic E-state index is 0.0480. The molecule has 1 saturated carbocycles. The average Bonchev–Trinajstić information content (AvgIpc) is 2.87. The van der Waals surface area contributed by atoms with Gasteiger partial charge in [0.25, 0.3) is 0 Å². The third kappa shape index (κ3) is 2.78. The van der Waals surface area contributed by atoms with E-state index in [0.717, 1.165) is 13.0 Å². The lowest BCUT2D eigenvalue weighted by Crippen LogP contribution is -2.50. The topological polar surface area (TPSA) is 81.6 Å². The molecule has 2 rings (SSSR count). The highest BCUT2D eigenvalue weighted by atomic mass is 16.3. The minimum Gasteiger partial charge on any atom is -0.393 e. The molecule has 0 spiro atoms. The smallest absolute Gasteiger partial charge is 0.237 e. The SMILES string of the molecule is CC(O)(CO)CNC(=O)C1NCC2CCCC21. The Morgan fingerprint density at radius 1 is 1.53 bits per heavy atom. The van der Waals surface area contributed by atoms with Crippen LogP contribution in [0.4, 0.5) is 0 Å². The molecule has 1 heterocycles. The lowest BCUT2D eigenvalue weighted by atomic mass is 9.93. The van der Waals surface area contributed by atoms with Crippen LogP contribution in [0.15, 0.2) is 0 Å². The minimum atomic E-state index is -1.23. The number of carbonyl (C=O) groups excluding carboxylic acids is 1. The van der Waals surface area contributed by atoms with Crippen LogP contribution in [-0.4, -0.2) is 47.5 Å². The fourth-order valence-corrected chi connectivity index (χ4v) is 2.92. The molecule has 1 aliphatic heterocycles. The van der Waals surface area contributed by atoms with E-state index in [1.54, 1.807) is 0 Å². The highest BCUT2D eigenvalue weighted by molar-refractivity contribution is 5.82. The van der Waals surface area contributed by atoms with Crippen molar-refractivity contribution in [3.05, 3.63) is 0 Å². The Hall–Kier alpha value is -0.650. The van der Waals surface area contributed by atoms with E-state index in [4.69, 9.17) is 5.11 Å². The zero-order valence-electron chi connectivity index (χ0n) is 10.3. The fraction of sp³-hybridized carbons (Fsp3) is 0.917. The molecule has 5 nitrogen and oxygen atoms in total. The number of hydrogen-bond donors (Lipinski definition) is 4. The van der Waals surface area contributed by atoms with Crippen LogP contribution in [0.2, 0.25) is 0 Å². The van der Waals surface area contributed by atoms with E-state index in [-0.39, 0.29) is 25.1 Å². The Kier molecular flexibility index (Phi) is 3.70. The number of carbonyl (C=O) groups is 1. The van der Waals surface area contributed by atoms with Crippen LogP contribution in [-0.2, 0) is 4.79 Å². The van der Waals surface area contributed by atoms with Crippen molar-refractivity contribution in [2.45, 2.75) is 37.8 Å². The number of rotatable bonds is 4. The summed E-state index contributed by atoms with van der Waals surface area (Å²) in [5.74, 6) is 1.05. The largest absolute Gasteiger partial charge is 0.393 e. The molecule has 98 valence electrons. The molecule has 0 radical (unpaired) electrons.